The second-order valence-corrected chi connectivity index (χ2v) is 9.06. The molecule has 2 N–H and O–H groups in total. The van der Waals surface area contributed by atoms with E-state index in [4.69, 9.17) is 4.74 Å². The van der Waals surface area contributed by atoms with Gasteiger partial charge in [-0.15, -0.1) is 0 Å². The van der Waals surface area contributed by atoms with Crippen molar-refractivity contribution < 1.29 is 27.6 Å². The molecule has 0 heterocycles. The molecule has 0 aliphatic rings. The number of ether oxygens (including phenoxy) is 1. The zero-order valence-corrected chi connectivity index (χ0v) is 18.2. The molecule has 23 heavy (non-hydrogen) atoms. The predicted octanol–water partition coefficient (Wildman–Crippen LogP) is 3.67. The van der Waals surface area contributed by atoms with Crippen molar-refractivity contribution in [3.05, 3.63) is 46.6 Å². The normalized spacial score (nSPS) is 11.3. The maximum atomic E-state index is 12.2. The van der Waals surface area contributed by atoms with Crippen molar-refractivity contribution in [3.8, 4) is 11.5 Å². The first-order chi connectivity index (χ1) is 10.6. The quantitative estimate of drug-likeness (QED) is 0.224. The van der Waals surface area contributed by atoms with Crippen LogP contribution in [0.3, 0.4) is 0 Å². The highest BCUT2D eigenvalue weighted by Gasteiger charge is 2.26. The zero-order chi connectivity index (χ0) is 17.4. The van der Waals surface area contributed by atoms with Gasteiger partial charge in [0.2, 0.25) is 0 Å². The summed E-state index contributed by atoms with van der Waals surface area (Å²) in [5.41, 5.74) is -0.190. The summed E-state index contributed by atoms with van der Waals surface area (Å²) in [5.74, 6) is -1.10. The monoisotopic (exact) mass is 672 g/mol. The van der Waals surface area contributed by atoms with E-state index in [9.17, 15) is 22.9 Å². The Hall–Kier alpha value is -0.190. The lowest BCUT2D eigenvalue weighted by molar-refractivity contribution is 0.0731. The van der Waals surface area contributed by atoms with Crippen LogP contribution >= 0.6 is 67.8 Å². The fraction of sp³-hybridized carbons (Fsp3) is 0. The van der Waals surface area contributed by atoms with Gasteiger partial charge < -0.3 is 9.84 Å². The molecule has 0 amide bonds. The van der Waals surface area contributed by atoms with E-state index in [1.807, 2.05) is 0 Å². The van der Waals surface area contributed by atoms with Crippen molar-refractivity contribution in [3.63, 3.8) is 0 Å². The minimum Gasteiger partial charge on any atom is -0.506 e. The summed E-state index contributed by atoms with van der Waals surface area (Å²) >= 11 is 5.31. The van der Waals surface area contributed by atoms with Gasteiger partial charge in [0.15, 0.2) is 0 Å². The van der Waals surface area contributed by atoms with Gasteiger partial charge >= 0.3 is 5.97 Å². The third-order valence-corrected chi connectivity index (χ3v) is 6.94. The van der Waals surface area contributed by atoms with E-state index < -0.39 is 26.7 Å². The first-order valence-corrected chi connectivity index (χ1v) is 10.4. The SMILES string of the molecule is O=C(Oc1ccc(I)cc1)c1cc(I)c(S(=O)(=O)O)c(I)c1O. The van der Waals surface area contributed by atoms with E-state index in [0.29, 0.717) is 5.75 Å². The molecule has 0 saturated heterocycles. The fourth-order valence-corrected chi connectivity index (χ4v) is 5.98. The standard InChI is InChI=1S/C13H7I3O6S/c14-6-1-3-7(4-2-6)22-13(18)8-5-9(15)12(23(19,20)21)10(16)11(8)17/h1-5,17H,(H,19,20,21). The second kappa shape index (κ2) is 7.37. The number of benzene rings is 2. The maximum Gasteiger partial charge on any atom is 0.347 e. The van der Waals surface area contributed by atoms with Gasteiger partial charge in [-0.3, -0.25) is 4.55 Å². The van der Waals surface area contributed by atoms with Gasteiger partial charge in [-0.1, -0.05) is 0 Å². The number of phenols is 1. The van der Waals surface area contributed by atoms with Gasteiger partial charge in [0.05, 0.1) is 3.57 Å². The molecule has 2 aromatic carbocycles. The number of rotatable bonds is 3. The zero-order valence-electron chi connectivity index (χ0n) is 11.0. The first kappa shape index (κ1) is 19.1. The van der Waals surface area contributed by atoms with E-state index in [-0.39, 0.29) is 12.7 Å². The lowest BCUT2D eigenvalue weighted by Crippen LogP contribution is -2.12. The highest BCUT2D eigenvalue weighted by atomic mass is 127. The molecule has 2 rings (SSSR count). The van der Waals surface area contributed by atoms with E-state index in [1.165, 1.54) is 0 Å². The summed E-state index contributed by atoms with van der Waals surface area (Å²) in [6, 6.07) is 7.84. The summed E-state index contributed by atoms with van der Waals surface area (Å²) in [7, 11) is -4.52. The summed E-state index contributed by atoms with van der Waals surface area (Å²) < 4.78 is 38.0. The molecule has 0 aliphatic heterocycles. The van der Waals surface area contributed by atoms with E-state index >= 15 is 0 Å². The Morgan fingerprint density at radius 2 is 1.65 bits per heavy atom. The summed E-state index contributed by atoms with van der Waals surface area (Å²) in [6.07, 6.45) is 0. The molecule has 0 aromatic heterocycles. The largest absolute Gasteiger partial charge is 0.506 e. The number of esters is 1. The molecule has 0 saturated carbocycles. The molecule has 0 bridgehead atoms. The van der Waals surface area contributed by atoms with Crippen LogP contribution in [0.2, 0.25) is 0 Å². The van der Waals surface area contributed by atoms with Gasteiger partial charge in [-0.25, -0.2) is 4.79 Å². The maximum absolute atomic E-state index is 12.2. The summed E-state index contributed by atoms with van der Waals surface area (Å²) in [5, 5.41) is 10.1. The minimum atomic E-state index is -4.52. The van der Waals surface area contributed by atoms with Crippen molar-refractivity contribution in [1.29, 1.82) is 0 Å². The predicted molar refractivity (Wildman–Crippen MR) is 107 cm³/mol. The second-order valence-electron chi connectivity index (χ2n) is 4.22. The highest BCUT2D eigenvalue weighted by molar-refractivity contribution is 14.1. The van der Waals surface area contributed by atoms with Gasteiger partial charge in [0, 0.05) is 7.14 Å². The molecule has 122 valence electrons. The molecule has 0 unspecified atom stereocenters. The smallest absolute Gasteiger partial charge is 0.347 e. The van der Waals surface area contributed by atoms with Gasteiger partial charge in [-0.05, 0) is 98.1 Å². The molecule has 2 aromatic rings. The van der Waals surface area contributed by atoms with Crippen LogP contribution in [0.5, 0.6) is 11.5 Å². The average Bonchev–Trinajstić information content (AvgIpc) is 2.44. The number of halogens is 3. The van der Waals surface area contributed by atoms with E-state index in [1.54, 1.807) is 69.4 Å². The average molecular weight is 672 g/mol. The van der Waals surface area contributed by atoms with Crippen LogP contribution in [0, 0.1) is 10.7 Å². The topological polar surface area (TPSA) is 101 Å². The third kappa shape index (κ3) is 4.46. The highest BCUT2D eigenvalue weighted by Crippen LogP contribution is 2.34. The van der Waals surface area contributed by atoms with E-state index in [0.717, 1.165) is 9.64 Å². The van der Waals surface area contributed by atoms with Crippen LogP contribution in [-0.4, -0.2) is 24.0 Å². The summed E-state index contributed by atoms with van der Waals surface area (Å²) in [4.78, 5) is 11.7. The Balaban J connectivity index is 2.44. The number of carbonyl (C=O) groups excluding carboxylic acids is 1. The van der Waals surface area contributed by atoms with E-state index in [2.05, 4.69) is 22.6 Å². The van der Waals surface area contributed by atoms with Crippen LogP contribution in [0.25, 0.3) is 0 Å². The molecule has 0 spiro atoms. The lowest BCUT2D eigenvalue weighted by atomic mass is 10.2. The molecule has 10 heteroatoms. The Kier molecular flexibility index (Phi) is 6.13. The number of carbonyl (C=O) groups is 1. The van der Waals surface area contributed by atoms with Crippen molar-refractivity contribution in [2.24, 2.45) is 0 Å². The molecule has 0 radical (unpaired) electrons. The molecule has 0 atom stereocenters. The summed E-state index contributed by atoms with van der Waals surface area (Å²) in [6.45, 7) is 0. The Bertz CT molecular complexity index is 878. The molecule has 0 aliphatic carbocycles. The van der Waals surface area contributed by atoms with Crippen LogP contribution < -0.4 is 4.74 Å². The number of hydrogen-bond acceptors (Lipinski definition) is 5. The van der Waals surface area contributed by atoms with Crippen molar-refractivity contribution in [2.75, 3.05) is 0 Å². The lowest BCUT2D eigenvalue weighted by Gasteiger charge is -2.11. The first-order valence-electron chi connectivity index (χ1n) is 5.77. The van der Waals surface area contributed by atoms with Crippen molar-refractivity contribution in [2.45, 2.75) is 4.90 Å². The third-order valence-electron chi connectivity index (χ3n) is 2.65. The molecular formula is C13H7I3O6S. The molecule has 0 fully saturated rings. The molecule has 6 nitrogen and oxygen atoms in total. The van der Waals surface area contributed by atoms with Crippen molar-refractivity contribution >= 4 is 83.9 Å². The van der Waals surface area contributed by atoms with Crippen LogP contribution in [0.1, 0.15) is 10.4 Å². The number of phenolic OH excluding ortho intramolecular Hbond substituents is 1. The number of aromatic hydroxyl groups is 1. The van der Waals surface area contributed by atoms with Crippen molar-refractivity contribution in [1.82, 2.24) is 0 Å². The number of hydrogen-bond donors (Lipinski definition) is 2. The van der Waals surface area contributed by atoms with Crippen LogP contribution in [0.4, 0.5) is 0 Å². The molecular weight excluding hydrogens is 665 g/mol. The van der Waals surface area contributed by atoms with Crippen LogP contribution in [0.15, 0.2) is 35.2 Å². The fourth-order valence-electron chi connectivity index (χ4n) is 1.65. The minimum absolute atomic E-state index is 0.0989. The van der Waals surface area contributed by atoms with Crippen LogP contribution in [-0.2, 0) is 10.1 Å². The Morgan fingerprint density at radius 1 is 1.09 bits per heavy atom. The van der Waals surface area contributed by atoms with Gasteiger partial charge in [0.1, 0.15) is 22.0 Å². The Labute approximate surface area is 172 Å². The van der Waals surface area contributed by atoms with Gasteiger partial charge in [-0.2, -0.15) is 8.42 Å². The Morgan fingerprint density at radius 3 is 2.17 bits per heavy atom. The van der Waals surface area contributed by atoms with Gasteiger partial charge in [0.25, 0.3) is 10.1 Å².